The molecule has 5 heterocycles. The van der Waals surface area contributed by atoms with Crippen molar-refractivity contribution in [3.05, 3.63) is 140 Å². The predicted molar refractivity (Wildman–Crippen MR) is 177 cm³/mol. The monoisotopic (exact) mass is 549 g/mol. The van der Waals surface area contributed by atoms with E-state index in [0.717, 1.165) is 33.3 Å². The molecule has 200 valence electrons. The first-order chi connectivity index (χ1) is 21.4. The van der Waals surface area contributed by atoms with Crippen LogP contribution in [0.1, 0.15) is 0 Å². The van der Waals surface area contributed by atoms with Gasteiger partial charge in [0.2, 0.25) is 0 Å². The zero-order chi connectivity index (χ0) is 28.1. The molecule has 43 heavy (non-hydrogen) atoms. The maximum atomic E-state index is 4.79. The number of benzene rings is 5. The van der Waals surface area contributed by atoms with E-state index < -0.39 is 0 Å². The Morgan fingerprint density at radius 1 is 0.442 bits per heavy atom. The summed E-state index contributed by atoms with van der Waals surface area (Å²) in [5.41, 5.74) is 9.13. The van der Waals surface area contributed by atoms with Crippen molar-refractivity contribution in [1.29, 1.82) is 0 Å². The second-order valence-electron chi connectivity index (χ2n) is 11.1. The lowest BCUT2D eigenvalue weighted by Crippen LogP contribution is -1.95. The first-order valence-corrected chi connectivity index (χ1v) is 14.5. The summed E-state index contributed by atoms with van der Waals surface area (Å²) < 4.78 is 7.09. The van der Waals surface area contributed by atoms with Crippen molar-refractivity contribution in [3.8, 4) is 11.4 Å². The van der Waals surface area contributed by atoms with Crippen LogP contribution in [0.2, 0.25) is 0 Å². The average molecular weight is 550 g/mol. The van der Waals surface area contributed by atoms with Crippen LogP contribution in [0.4, 0.5) is 0 Å². The fourth-order valence-electron chi connectivity index (χ4n) is 7.29. The van der Waals surface area contributed by atoms with Crippen molar-refractivity contribution in [3.63, 3.8) is 0 Å². The topological polar surface area (TPSA) is 40.1 Å². The number of hydrogen-bond acceptors (Lipinski definition) is 2. The summed E-state index contributed by atoms with van der Waals surface area (Å²) in [6, 6.07) is 41.5. The molecule has 0 N–H and O–H groups in total. The van der Waals surface area contributed by atoms with Crippen LogP contribution in [0.3, 0.4) is 0 Å². The number of aromatic nitrogens is 5. The molecule has 10 aromatic rings. The van der Waals surface area contributed by atoms with E-state index in [2.05, 4.69) is 140 Å². The number of fused-ring (bicyclic) bond motifs is 14. The summed E-state index contributed by atoms with van der Waals surface area (Å²) >= 11 is 0. The zero-order valence-corrected chi connectivity index (χ0v) is 23.0. The molecule has 0 unspecified atom stereocenters. The first-order valence-electron chi connectivity index (χ1n) is 14.5. The molecule has 0 saturated carbocycles. The summed E-state index contributed by atoms with van der Waals surface area (Å²) in [4.78, 5) is 9.23. The lowest BCUT2D eigenvalue weighted by atomic mass is 10.0. The normalized spacial score (nSPS) is 12.2. The fourth-order valence-corrected chi connectivity index (χ4v) is 7.29. The van der Waals surface area contributed by atoms with Gasteiger partial charge in [0.25, 0.3) is 0 Å². The summed E-state index contributed by atoms with van der Waals surface area (Å²) in [6.07, 6.45) is 7.77. The third kappa shape index (κ3) is 2.90. The Kier molecular flexibility index (Phi) is 4.39. The first kappa shape index (κ1) is 22.7. The molecule has 5 heteroatoms. The summed E-state index contributed by atoms with van der Waals surface area (Å²) in [7, 11) is 0. The molecule has 0 spiro atoms. The number of pyridine rings is 2. The minimum absolute atomic E-state index is 0.922. The van der Waals surface area contributed by atoms with Gasteiger partial charge in [0.15, 0.2) is 0 Å². The number of rotatable bonds is 2. The van der Waals surface area contributed by atoms with Crippen LogP contribution < -0.4 is 0 Å². The van der Waals surface area contributed by atoms with Crippen LogP contribution in [-0.2, 0) is 0 Å². The number of hydrogen-bond donors (Lipinski definition) is 0. The maximum Gasteiger partial charge on any atom is 0.146 e. The van der Waals surface area contributed by atoms with Crippen LogP contribution in [0.5, 0.6) is 0 Å². The van der Waals surface area contributed by atoms with Crippen LogP contribution >= 0.6 is 0 Å². The van der Waals surface area contributed by atoms with Crippen LogP contribution in [0.15, 0.2) is 140 Å². The molecule has 5 aromatic carbocycles. The largest absolute Gasteiger partial charge is 0.309 e. The Morgan fingerprint density at radius 2 is 1.12 bits per heavy atom. The van der Waals surface area contributed by atoms with Crippen molar-refractivity contribution < 1.29 is 0 Å². The molecule has 10 rings (SSSR count). The molecule has 0 aliphatic heterocycles. The van der Waals surface area contributed by atoms with E-state index in [1.54, 1.807) is 0 Å². The van der Waals surface area contributed by atoms with Gasteiger partial charge in [-0.1, -0.05) is 60.7 Å². The van der Waals surface area contributed by atoms with Gasteiger partial charge in [-0.3, -0.25) is 9.38 Å². The van der Waals surface area contributed by atoms with Crippen molar-refractivity contribution in [2.75, 3.05) is 0 Å². The average Bonchev–Trinajstić information content (AvgIpc) is 3.78. The van der Waals surface area contributed by atoms with E-state index in [9.17, 15) is 0 Å². The van der Waals surface area contributed by atoms with E-state index in [1.165, 1.54) is 49.0 Å². The van der Waals surface area contributed by atoms with Crippen LogP contribution in [0.25, 0.3) is 82.3 Å². The van der Waals surface area contributed by atoms with Gasteiger partial charge in [0, 0.05) is 68.5 Å². The van der Waals surface area contributed by atoms with Gasteiger partial charge in [-0.15, -0.1) is 0 Å². The highest BCUT2D eigenvalue weighted by Gasteiger charge is 2.23. The number of para-hydroxylation sites is 3. The molecule has 0 radical (unpaired) electrons. The minimum atomic E-state index is 0.922. The summed E-state index contributed by atoms with van der Waals surface area (Å²) in [6.45, 7) is 0. The lowest BCUT2D eigenvalue weighted by Gasteiger charge is -2.11. The SMILES string of the molecule is c1ccc(-n2c3ccccc3c3c2ccc2c4c(ccc5c6ccncc6c6nccn6c54)n(-c4ccccc4)c23)cc1. The minimum Gasteiger partial charge on any atom is -0.309 e. The van der Waals surface area contributed by atoms with E-state index >= 15 is 0 Å². The highest BCUT2D eigenvalue weighted by molar-refractivity contribution is 6.31. The maximum absolute atomic E-state index is 4.79. The quantitative estimate of drug-likeness (QED) is 0.202. The van der Waals surface area contributed by atoms with Gasteiger partial charge in [-0.05, 0) is 60.0 Å². The summed E-state index contributed by atoms with van der Waals surface area (Å²) in [5.74, 6) is 0. The highest BCUT2D eigenvalue weighted by atomic mass is 15.0. The third-order valence-electron chi connectivity index (χ3n) is 8.96. The van der Waals surface area contributed by atoms with E-state index in [4.69, 9.17) is 4.98 Å². The molecule has 5 aromatic heterocycles. The van der Waals surface area contributed by atoms with Crippen LogP contribution in [-0.4, -0.2) is 23.5 Å². The van der Waals surface area contributed by atoms with Crippen molar-refractivity contribution in [1.82, 2.24) is 23.5 Å². The number of nitrogens with zero attached hydrogens (tertiary/aromatic N) is 5. The molecule has 5 nitrogen and oxygen atoms in total. The molecule has 0 saturated heterocycles. The van der Waals surface area contributed by atoms with Crippen LogP contribution in [0, 0.1) is 0 Å². The van der Waals surface area contributed by atoms with Gasteiger partial charge < -0.3 is 9.13 Å². The van der Waals surface area contributed by atoms with E-state index in [1.807, 2.05) is 18.6 Å². The Morgan fingerprint density at radius 3 is 1.93 bits per heavy atom. The third-order valence-corrected chi connectivity index (χ3v) is 8.96. The fraction of sp³-hybridized carbons (Fsp3) is 0. The van der Waals surface area contributed by atoms with E-state index in [0.29, 0.717) is 0 Å². The predicted octanol–water partition coefficient (Wildman–Crippen LogP) is 9.23. The smallest absolute Gasteiger partial charge is 0.146 e. The van der Waals surface area contributed by atoms with Crippen molar-refractivity contribution >= 4 is 70.9 Å². The second kappa shape index (κ2) is 8.30. The van der Waals surface area contributed by atoms with E-state index in [-0.39, 0.29) is 0 Å². The molecule has 0 atom stereocenters. The molecule has 0 amide bonds. The van der Waals surface area contributed by atoms with Crippen molar-refractivity contribution in [2.45, 2.75) is 0 Å². The second-order valence-corrected chi connectivity index (χ2v) is 11.1. The number of imidazole rings is 1. The standard InChI is InChI=1S/C38H23N5/c1-3-9-24(10-4-1)42-31-14-8-7-13-28(31)34-32(42)18-16-29-35-33(43(37(29)34)25-11-5-2-6-12-25)17-15-27-26-19-20-39-23-30(26)38-40-21-22-41(38)36(27)35/h1-23H. The molecule has 0 fully saturated rings. The Labute approximate surface area is 245 Å². The van der Waals surface area contributed by atoms with Gasteiger partial charge in [0.1, 0.15) is 5.65 Å². The Bertz CT molecular complexity index is 2710. The zero-order valence-electron chi connectivity index (χ0n) is 23.0. The Balaban J connectivity index is 1.51. The molecule has 0 aliphatic rings. The summed E-state index contributed by atoms with van der Waals surface area (Å²) in [5, 5.41) is 8.33. The molecular weight excluding hydrogens is 526 g/mol. The van der Waals surface area contributed by atoms with Crippen molar-refractivity contribution in [2.24, 2.45) is 0 Å². The lowest BCUT2D eigenvalue weighted by molar-refractivity contribution is 1.17. The van der Waals surface area contributed by atoms with Gasteiger partial charge in [0.05, 0.1) is 27.6 Å². The highest BCUT2D eigenvalue weighted by Crippen LogP contribution is 2.44. The molecule has 0 bridgehead atoms. The molecule has 0 aliphatic carbocycles. The molecular formula is C38H23N5. The van der Waals surface area contributed by atoms with Gasteiger partial charge in [-0.2, -0.15) is 0 Å². The van der Waals surface area contributed by atoms with Gasteiger partial charge >= 0.3 is 0 Å². The van der Waals surface area contributed by atoms with Gasteiger partial charge in [-0.25, -0.2) is 4.98 Å². The Hall–Kier alpha value is -5.94.